The molecule has 1 aromatic rings. The largest absolute Gasteiger partial charge is 0.279 e. The molecular formula is C10H6F2O. The summed E-state index contributed by atoms with van der Waals surface area (Å²) in [5.41, 5.74) is -0.198. The van der Waals surface area contributed by atoms with Crippen LogP contribution in [0.15, 0.2) is 18.2 Å². The van der Waals surface area contributed by atoms with Crippen LogP contribution in [0.2, 0.25) is 0 Å². The van der Waals surface area contributed by atoms with Crippen LogP contribution in [0.25, 0.3) is 0 Å². The van der Waals surface area contributed by atoms with Gasteiger partial charge in [0.05, 0.1) is 5.56 Å². The van der Waals surface area contributed by atoms with Crippen LogP contribution in [-0.2, 0) is 0 Å². The molecule has 0 aromatic heterocycles. The van der Waals surface area contributed by atoms with Gasteiger partial charge in [0.15, 0.2) is 0 Å². The molecule has 0 aliphatic heterocycles. The number of halogens is 2. The zero-order valence-electron chi connectivity index (χ0n) is 6.90. The molecule has 0 atom stereocenters. The Morgan fingerprint density at radius 2 is 2.08 bits per heavy atom. The van der Waals surface area contributed by atoms with Gasteiger partial charge >= 0.3 is 0 Å². The van der Waals surface area contributed by atoms with Crippen LogP contribution in [-0.4, -0.2) is 5.78 Å². The lowest BCUT2D eigenvalue weighted by molar-refractivity contribution is 0.105. The summed E-state index contributed by atoms with van der Waals surface area (Å²) in [6.07, 6.45) is 0. The van der Waals surface area contributed by atoms with E-state index in [2.05, 4.69) is 11.8 Å². The van der Waals surface area contributed by atoms with E-state index in [1.807, 2.05) is 0 Å². The molecule has 0 saturated heterocycles. The second-order valence-electron chi connectivity index (χ2n) is 2.33. The Morgan fingerprint density at radius 3 is 2.62 bits per heavy atom. The van der Waals surface area contributed by atoms with Gasteiger partial charge in [0.25, 0.3) is 0 Å². The average Bonchev–Trinajstić information content (AvgIpc) is 2.04. The predicted molar refractivity (Wildman–Crippen MR) is 44.1 cm³/mol. The maximum Gasteiger partial charge on any atom is 0.238 e. The van der Waals surface area contributed by atoms with Crippen molar-refractivity contribution in [3.63, 3.8) is 0 Å². The van der Waals surface area contributed by atoms with Crippen LogP contribution in [0.3, 0.4) is 0 Å². The Balaban J connectivity index is 3.14. The maximum absolute atomic E-state index is 12.9. The number of hydrogen-bond acceptors (Lipinski definition) is 1. The Bertz CT molecular complexity index is 399. The molecule has 0 spiro atoms. The highest BCUT2D eigenvalue weighted by Gasteiger charge is 2.09. The summed E-state index contributed by atoms with van der Waals surface area (Å²) in [5.74, 6) is 2.29. The van der Waals surface area contributed by atoms with E-state index in [0.29, 0.717) is 6.07 Å². The molecule has 0 heterocycles. The monoisotopic (exact) mass is 180 g/mol. The minimum absolute atomic E-state index is 0.198. The van der Waals surface area contributed by atoms with E-state index in [4.69, 9.17) is 0 Å². The van der Waals surface area contributed by atoms with Gasteiger partial charge in [-0.05, 0) is 25.0 Å². The minimum Gasteiger partial charge on any atom is -0.279 e. The minimum atomic E-state index is -0.882. The first-order valence-corrected chi connectivity index (χ1v) is 3.57. The van der Waals surface area contributed by atoms with Crippen LogP contribution in [0, 0.1) is 23.5 Å². The summed E-state index contributed by atoms with van der Waals surface area (Å²) in [7, 11) is 0. The van der Waals surface area contributed by atoms with Gasteiger partial charge in [-0.25, -0.2) is 8.78 Å². The molecule has 1 nitrogen and oxygen atoms in total. The van der Waals surface area contributed by atoms with E-state index in [1.165, 1.54) is 6.92 Å². The van der Waals surface area contributed by atoms with Gasteiger partial charge < -0.3 is 0 Å². The molecule has 0 bridgehead atoms. The Kier molecular flexibility index (Phi) is 2.76. The molecule has 1 rings (SSSR count). The third kappa shape index (κ3) is 2.12. The van der Waals surface area contributed by atoms with Crippen LogP contribution in [0.5, 0.6) is 0 Å². The van der Waals surface area contributed by atoms with Gasteiger partial charge in [0.2, 0.25) is 5.78 Å². The van der Waals surface area contributed by atoms with Crippen molar-refractivity contribution in [2.24, 2.45) is 0 Å². The summed E-state index contributed by atoms with van der Waals surface area (Å²) < 4.78 is 25.3. The number of rotatable bonds is 1. The Morgan fingerprint density at radius 1 is 1.38 bits per heavy atom. The highest BCUT2D eigenvalue weighted by atomic mass is 19.1. The van der Waals surface area contributed by atoms with Crippen molar-refractivity contribution in [1.29, 1.82) is 0 Å². The summed E-state index contributed by atoms with van der Waals surface area (Å²) in [5, 5.41) is 0. The van der Waals surface area contributed by atoms with E-state index < -0.39 is 17.4 Å². The van der Waals surface area contributed by atoms with Crippen molar-refractivity contribution >= 4 is 5.78 Å². The zero-order chi connectivity index (χ0) is 9.84. The van der Waals surface area contributed by atoms with Crippen molar-refractivity contribution in [3.8, 4) is 11.8 Å². The van der Waals surface area contributed by atoms with Crippen molar-refractivity contribution < 1.29 is 13.6 Å². The standard InChI is InChI=1S/C10H6F2O/c1-2-3-10(13)8-5-4-7(11)6-9(8)12/h4-6H,1H3. The third-order valence-corrected chi connectivity index (χ3v) is 1.41. The number of Topliss-reactive ketones (excluding diaryl/α,β-unsaturated/α-hetero) is 1. The van der Waals surface area contributed by atoms with Gasteiger partial charge in [-0.1, -0.05) is 5.92 Å². The van der Waals surface area contributed by atoms with E-state index in [9.17, 15) is 13.6 Å². The van der Waals surface area contributed by atoms with Crippen molar-refractivity contribution in [1.82, 2.24) is 0 Å². The summed E-state index contributed by atoms with van der Waals surface area (Å²) >= 11 is 0. The smallest absolute Gasteiger partial charge is 0.238 e. The van der Waals surface area contributed by atoms with Gasteiger partial charge in [-0.2, -0.15) is 0 Å². The van der Waals surface area contributed by atoms with Gasteiger partial charge in [0.1, 0.15) is 11.6 Å². The molecular weight excluding hydrogens is 174 g/mol. The molecule has 0 N–H and O–H groups in total. The van der Waals surface area contributed by atoms with E-state index >= 15 is 0 Å². The second-order valence-corrected chi connectivity index (χ2v) is 2.33. The summed E-state index contributed by atoms with van der Waals surface area (Å²) in [4.78, 5) is 11.0. The molecule has 0 aliphatic carbocycles. The first-order valence-electron chi connectivity index (χ1n) is 3.57. The topological polar surface area (TPSA) is 17.1 Å². The fourth-order valence-electron chi connectivity index (χ4n) is 0.854. The molecule has 13 heavy (non-hydrogen) atoms. The van der Waals surface area contributed by atoms with E-state index in [0.717, 1.165) is 12.1 Å². The third-order valence-electron chi connectivity index (χ3n) is 1.41. The second kappa shape index (κ2) is 3.81. The number of hydrogen-bond donors (Lipinski definition) is 0. The molecule has 66 valence electrons. The van der Waals surface area contributed by atoms with Crippen molar-refractivity contribution in [3.05, 3.63) is 35.4 Å². The van der Waals surface area contributed by atoms with E-state index in [-0.39, 0.29) is 5.56 Å². The first-order chi connectivity index (χ1) is 6.15. The highest BCUT2D eigenvalue weighted by molar-refractivity contribution is 6.09. The number of carbonyl (C=O) groups excluding carboxylic acids is 1. The average molecular weight is 180 g/mol. The van der Waals surface area contributed by atoms with Crippen LogP contribution < -0.4 is 0 Å². The van der Waals surface area contributed by atoms with Gasteiger partial charge in [-0.15, -0.1) is 0 Å². The molecule has 0 radical (unpaired) electrons. The summed E-state index contributed by atoms with van der Waals surface area (Å²) in [6.45, 7) is 1.47. The SMILES string of the molecule is CC#CC(=O)c1ccc(F)cc1F. The Labute approximate surface area is 74.4 Å². The molecule has 0 fully saturated rings. The van der Waals surface area contributed by atoms with E-state index in [1.54, 1.807) is 0 Å². The zero-order valence-corrected chi connectivity index (χ0v) is 6.90. The molecule has 0 saturated carbocycles. The van der Waals surface area contributed by atoms with Crippen LogP contribution >= 0.6 is 0 Å². The molecule has 0 unspecified atom stereocenters. The van der Waals surface area contributed by atoms with Gasteiger partial charge in [-0.3, -0.25) is 4.79 Å². The van der Waals surface area contributed by atoms with Crippen LogP contribution in [0.1, 0.15) is 17.3 Å². The predicted octanol–water partition coefficient (Wildman–Crippen LogP) is 2.17. The maximum atomic E-state index is 12.9. The molecule has 1 aromatic carbocycles. The fraction of sp³-hybridized carbons (Fsp3) is 0.100. The summed E-state index contributed by atoms with van der Waals surface area (Å²) in [6, 6.07) is 2.76. The normalized spacial score (nSPS) is 8.85. The van der Waals surface area contributed by atoms with Crippen molar-refractivity contribution in [2.45, 2.75) is 6.92 Å². The van der Waals surface area contributed by atoms with Crippen LogP contribution in [0.4, 0.5) is 8.78 Å². The number of carbonyl (C=O) groups is 1. The molecule has 3 heteroatoms. The van der Waals surface area contributed by atoms with Gasteiger partial charge in [0, 0.05) is 6.07 Å². The highest BCUT2D eigenvalue weighted by Crippen LogP contribution is 2.09. The molecule has 0 aliphatic rings. The lowest BCUT2D eigenvalue weighted by Gasteiger charge is -1.95. The Hall–Kier alpha value is -1.69. The number of ketones is 1. The lowest BCUT2D eigenvalue weighted by atomic mass is 10.1. The lowest BCUT2D eigenvalue weighted by Crippen LogP contribution is -1.99. The quantitative estimate of drug-likeness (QED) is 0.367. The van der Waals surface area contributed by atoms with Crippen molar-refractivity contribution in [2.75, 3.05) is 0 Å². The first kappa shape index (κ1) is 9.40. The fourth-order valence-corrected chi connectivity index (χ4v) is 0.854. The molecule has 0 amide bonds. The number of benzene rings is 1.